The zero-order valence-electron chi connectivity index (χ0n) is 13.3. The molecule has 0 heterocycles. The van der Waals surface area contributed by atoms with Crippen molar-refractivity contribution in [2.75, 3.05) is 18.5 Å². The fourth-order valence-corrected chi connectivity index (χ4v) is 1.74. The van der Waals surface area contributed by atoms with Crippen molar-refractivity contribution in [1.29, 1.82) is 0 Å². The predicted octanol–water partition coefficient (Wildman–Crippen LogP) is 2.54. The van der Waals surface area contributed by atoms with Crippen LogP contribution in [-0.4, -0.2) is 35.9 Å². The van der Waals surface area contributed by atoms with E-state index in [1.807, 2.05) is 0 Å². The number of amides is 2. The molecule has 0 spiro atoms. The summed E-state index contributed by atoms with van der Waals surface area (Å²) >= 11 is 0. The zero-order valence-corrected chi connectivity index (χ0v) is 13.3. The highest BCUT2D eigenvalue weighted by Crippen LogP contribution is 2.17. The van der Waals surface area contributed by atoms with Gasteiger partial charge in [-0.05, 0) is 45.7 Å². The maximum atomic E-state index is 12.1. The molecule has 0 aliphatic rings. The second kappa shape index (κ2) is 8.38. The average Bonchev–Trinajstić information content (AvgIpc) is 2.42. The number of anilines is 1. The molecule has 6 heteroatoms. The fraction of sp³-hybridized carbons (Fsp3) is 0.500. The Kier molecular flexibility index (Phi) is 6.85. The molecular weight excluding hydrogens is 284 g/mol. The van der Waals surface area contributed by atoms with Crippen LogP contribution in [0.2, 0.25) is 0 Å². The van der Waals surface area contributed by atoms with Crippen LogP contribution >= 0.6 is 0 Å². The molecule has 0 atom stereocenters. The summed E-state index contributed by atoms with van der Waals surface area (Å²) in [7, 11) is 0. The first-order chi connectivity index (χ1) is 10.3. The lowest BCUT2D eigenvalue weighted by Crippen LogP contribution is -2.29. The lowest BCUT2D eigenvalue weighted by Gasteiger charge is -2.20. The molecule has 0 aliphatic carbocycles. The third-order valence-corrected chi connectivity index (χ3v) is 2.68. The highest BCUT2D eigenvalue weighted by atomic mass is 16.6. The van der Waals surface area contributed by atoms with Crippen LogP contribution in [0.25, 0.3) is 0 Å². The Balaban J connectivity index is 2.69. The normalized spacial score (nSPS) is 10.9. The van der Waals surface area contributed by atoms with Crippen molar-refractivity contribution in [3.05, 3.63) is 29.8 Å². The number of carbonyl (C=O) groups excluding carboxylic acids is 2. The summed E-state index contributed by atoms with van der Waals surface area (Å²) in [6.07, 6.45) is 0.732. The lowest BCUT2D eigenvalue weighted by atomic mass is 10.1. The number of para-hydroxylation sites is 1. The molecule has 0 aromatic heterocycles. The number of benzene rings is 1. The van der Waals surface area contributed by atoms with Crippen molar-refractivity contribution in [3.63, 3.8) is 0 Å². The molecular formula is C16H24N2O4. The summed E-state index contributed by atoms with van der Waals surface area (Å²) < 4.78 is 5.18. The Morgan fingerprint density at radius 1 is 1.18 bits per heavy atom. The van der Waals surface area contributed by atoms with Gasteiger partial charge in [-0.3, -0.25) is 10.1 Å². The van der Waals surface area contributed by atoms with Crippen LogP contribution in [0.1, 0.15) is 44.0 Å². The molecule has 6 nitrogen and oxygen atoms in total. The van der Waals surface area contributed by atoms with Crippen LogP contribution in [0.4, 0.5) is 10.5 Å². The Bertz CT molecular complexity index is 509. The molecule has 0 saturated heterocycles. The van der Waals surface area contributed by atoms with E-state index in [2.05, 4.69) is 10.6 Å². The van der Waals surface area contributed by atoms with Gasteiger partial charge in [0.2, 0.25) is 0 Å². The van der Waals surface area contributed by atoms with Gasteiger partial charge in [0, 0.05) is 13.2 Å². The molecule has 0 bridgehead atoms. The van der Waals surface area contributed by atoms with Crippen molar-refractivity contribution < 1.29 is 19.4 Å². The Morgan fingerprint density at radius 2 is 1.86 bits per heavy atom. The first kappa shape index (κ1) is 18.0. The van der Waals surface area contributed by atoms with E-state index in [0.717, 1.165) is 0 Å². The van der Waals surface area contributed by atoms with Gasteiger partial charge in [-0.2, -0.15) is 0 Å². The number of carbonyl (C=O) groups is 2. The topological polar surface area (TPSA) is 87.7 Å². The van der Waals surface area contributed by atoms with E-state index < -0.39 is 11.7 Å². The molecule has 1 aromatic carbocycles. The van der Waals surface area contributed by atoms with E-state index >= 15 is 0 Å². The van der Waals surface area contributed by atoms with Gasteiger partial charge >= 0.3 is 6.09 Å². The first-order valence-corrected chi connectivity index (χ1v) is 7.31. The monoisotopic (exact) mass is 308 g/mol. The van der Waals surface area contributed by atoms with Gasteiger partial charge in [-0.25, -0.2) is 4.79 Å². The van der Waals surface area contributed by atoms with Gasteiger partial charge in [0.15, 0.2) is 0 Å². The molecule has 0 unspecified atom stereocenters. The van der Waals surface area contributed by atoms with Crippen molar-refractivity contribution in [2.24, 2.45) is 0 Å². The van der Waals surface area contributed by atoms with E-state index in [4.69, 9.17) is 9.84 Å². The van der Waals surface area contributed by atoms with Crippen molar-refractivity contribution >= 4 is 17.7 Å². The number of aliphatic hydroxyl groups excluding tert-OH is 1. The maximum Gasteiger partial charge on any atom is 0.412 e. The minimum absolute atomic E-state index is 0.104. The Hall–Kier alpha value is -2.08. The second-order valence-electron chi connectivity index (χ2n) is 5.86. The predicted molar refractivity (Wildman–Crippen MR) is 85.0 cm³/mol. The van der Waals surface area contributed by atoms with Gasteiger partial charge in [0.05, 0.1) is 11.3 Å². The largest absolute Gasteiger partial charge is 0.444 e. The van der Waals surface area contributed by atoms with E-state index in [0.29, 0.717) is 30.6 Å². The standard InChI is InChI=1S/C16H24N2O4/c1-16(2,3)22-15(21)18-13-9-5-4-8-12(13)14(20)17-10-6-7-11-19/h4-5,8-9,19H,6-7,10-11H2,1-3H3,(H,17,20)(H,18,21). The maximum absolute atomic E-state index is 12.1. The van der Waals surface area contributed by atoms with Crippen LogP contribution in [0.3, 0.4) is 0 Å². The summed E-state index contributed by atoms with van der Waals surface area (Å²) in [5.74, 6) is -0.274. The number of ether oxygens (including phenoxy) is 1. The second-order valence-corrected chi connectivity index (χ2v) is 5.86. The van der Waals surface area contributed by atoms with Gasteiger partial charge in [-0.15, -0.1) is 0 Å². The zero-order chi connectivity index (χ0) is 16.6. The van der Waals surface area contributed by atoms with Crippen molar-refractivity contribution in [2.45, 2.75) is 39.2 Å². The smallest absolute Gasteiger partial charge is 0.412 e. The minimum Gasteiger partial charge on any atom is -0.444 e. The van der Waals surface area contributed by atoms with Crippen LogP contribution in [0, 0.1) is 0 Å². The molecule has 0 aliphatic heterocycles. The highest BCUT2D eigenvalue weighted by molar-refractivity contribution is 6.02. The fourth-order valence-electron chi connectivity index (χ4n) is 1.74. The molecule has 0 saturated carbocycles. The molecule has 122 valence electrons. The average molecular weight is 308 g/mol. The summed E-state index contributed by atoms with van der Waals surface area (Å²) in [4.78, 5) is 23.9. The molecule has 22 heavy (non-hydrogen) atoms. The van der Waals surface area contributed by atoms with E-state index in [1.165, 1.54) is 0 Å². The van der Waals surface area contributed by atoms with Crippen molar-refractivity contribution in [3.8, 4) is 0 Å². The third kappa shape index (κ3) is 6.58. The number of aliphatic hydroxyl groups is 1. The third-order valence-electron chi connectivity index (χ3n) is 2.68. The summed E-state index contributed by atoms with van der Waals surface area (Å²) in [5.41, 5.74) is 0.166. The van der Waals surface area contributed by atoms with Gasteiger partial charge in [-0.1, -0.05) is 12.1 Å². The number of unbranched alkanes of at least 4 members (excludes halogenated alkanes) is 1. The quantitative estimate of drug-likeness (QED) is 0.705. The summed E-state index contributed by atoms with van der Waals surface area (Å²) in [5, 5.41) is 14.1. The Morgan fingerprint density at radius 3 is 2.50 bits per heavy atom. The lowest BCUT2D eigenvalue weighted by molar-refractivity contribution is 0.0636. The van der Waals surface area contributed by atoms with Gasteiger partial charge in [0.25, 0.3) is 5.91 Å². The summed E-state index contributed by atoms with van der Waals surface area (Å²) in [6, 6.07) is 6.73. The van der Waals surface area contributed by atoms with E-state index in [9.17, 15) is 9.59 Å². The van der Waals surface area contributed by atoms with Gasteiger partial charge in [0.1, 0.15) is 5.60 Å². The first-order valence-electron chi connectivity index (χ1n) is 7.31. The molecule has 2 amide bonds. The summed E-state index contributed by atoms with van der Waals surface area (Å²) in [6.45, 7) is 5.89. The Labute approximate surface area is 130 Å². The number of hydrogen-bond donors (Lipinski definition) is 3. The van der Waals surface area contributed by atoms with Crippen LogP contribution in [0.15, 0.2) is 24.3 Å². The molecule has 3 N–H and O–H groups in total. The highest BCUT2D eigenvalue weighted by Gasteiger charge is 2.18. The van der Waals surface area contributed by atoms with Crippen molar-refractivity contribution in [1.82, 2.24) is 5.32 Å². The van der Waals surface area contributed by atoms with Crippen LogP contribution in [-0.2, 0) is 4.74 Å². The molecule has 1 aromatic rings. The SMILES string of the molecule is CC(C)(C)OC(=O)Nc1ccccc1C(=O)NCCCCO. The molecule has 0 fully saturated rings. The van der Waals surface area contributed by atoms with E-state index in [-0.39, 0.29) is 12.5 Å². The van der Waals surface area contributed by atoms with Crippen LogP contribution in [0.5, 0.6) is 0 Å². The van der Waals surface area contributed by atoms with Crippen LogP contribution < -0.4 is 10.6 Å². The minimum atomic E-state index is -0.606. The van der Waals surface area contributed by atoms with E-state index in [1.54, 1.807) is 45.0 Å². The number of hydrogen-bond acceptors (Lipinski definition) is 4. The number of rotatable bonds is 6. The molecule has 1 rings (SSSR count). The van der Waals surface area contributed by atoms with Gasteiger partial charge < -0.3 is 15.2 Å². The number of nitrogens with one attached hydrogen (secondary N) is 2. The molecule has 0 radical (unpaired) electrons.